The van der Waals surface area contributed by atoms with E-state index in [1.807, 2.05) is 4.90 Å². The SMILES string of the molecule is C=CCN1C(=O)[C@]2(C(=C(O)c3cccc(S(=O)(=O)N(C)C)c3)C(=O)C(=O)N2CCN(C)C)c2ccccc21. The third kappa shape index (κ3) is 3.94. The molecule has 2 heterocycles. The van der Waals surface area contributed by atoms with Crippen molar-refractivity contribution in [1.82, 2.24) is 14.1 Å². The number of aliphatic hydroxyl groups excluding tert-OH is 1. The van der Waals surface area contributed by atoms with Crippen molar-refractivity contribution in [3.63, 3.8) is 0 Å². The molecule has 1 N–H and O–H groups in total. The molecule has 2 amide bonds. The van der Waals surface area contributed by atoms with Gasteiger partial charge in [0.25, 0.3) is 17.6 Å². The Morgan fingerprint density at radius 2 is 1.74 bits per heavy atom. The van der Waals surface area contributed by atoms with Gasteiger partial charge >= 0.3 is 0 Å². The first-order valence-corrected chi connectivity index (χ1v) is 13.3. The predicted molar refractivity (Wildman–Crippen MR) is 143 cm³/mol. The van der Waals surface area contributed by atoms with Gasteiger partial charge in [-0.2, -0.15) is 0 Å². The minimum absolute atomic E-state index is 0.00892. The summed E-state index contributed by atoms with van der Waals surface area (Å²) >= 11 is 0. The summed E-state index contributed by atoms with van der Waals surface area (Å²) in [6.07, 6.45) is 1.54. The normalized spacial score (nSPS) is 20.7. The van der Waals surface area contributed by atoms with E-state index >= 15 is 0 Å². The molecule has 0 saturated carbocycles. The summed E-state index contributed by atoms with van der Waals surface area (Å²) in [7, 11) is 2.48. The maximum absolute atomic E-state index is 14.3. The van der Waals surface area contributed by atoms with Gasteiger partial charge in [0.1, 0.15) is 5.76 Å². The van der Waals surface area contributed by atoms with E-state index in [0.29, 0.717) is 17.8 Å². The average Bonchev–Trinajstić information content (AvgIpc) is 3.25. The Morgan fingerprint density at radius 3 is 2.37 bits per heavy atom. The summed E-state index contributed by atoms with van der Waals surface area (Å²) < 4.78 is 26.5. The number of nitrogens with zero attached hydrogens (tertiary/aromatic N) is 4. The molecule has 200 valence electrons. The van der Waals surface area contributed by atoms with Crippen LogP contribution in [0.15, 0.2) is 71.7 Å². The molecule has 1 fully saturated rings. The lowest BCUT2D eigenvalue weighted by Crippen LogP contribution is -2.53. The van der Waals surface area contributed by atoms with E-state index in [9.17, 15) is 27.9 Å². The number of hydrogen-bond donors (Lipinski definition) is 1. The van der Waals surface area contributed by atoms with Crippen molar-refractivity contribution in [2.24, 2.45) is 0 Å². The standard InChI is InChI=1S/C27H30N4O6S/c1-6-14-30-21-13-8-7-12-20(21)27(26(30)35)22(24(33)25(34)31(27)16-15-28(2)3)23(32)18-10-9-11-19(17-18)38(36,37)29(4)5/h6-13,17,32H,1,14-16H2,2-5H3/t27-/m1/s1. The molecule has 0 unspecified atom stereocenters. The Balaban J connectivity index is 2.05. The molecular weight excluding hydrogens is 508 g/mol. The van der Waals surface area contributed by atoms with E-state index < -0.39 is 44.5 Å². The lowest BCUT2D eigenvalue weighted by atomic mass is 9.82. The zero-order valence-electron chi connectivity index (χ0n) is 21.7. The van der Waals surface area contributed by atoms with Gasteiger partial charge in [0.2, 0.25) is 10.0 Å². The van der Waals surface area contributed by atoms with Gasteiger partial charge in [-0.25, -0.2) is 12.7 Å². The predicted octanol–water partition coefficient (Wildman–Crippen LogP) is 1.61. The van der Waals surface area contributed by atoms with Crippen LogP contribution < -0.4 is 4.90 Å². The molecule has 0 bridgehead atoms. The monoisotopic (exact) mass is 538 g/mol. The van der Waals surface area contributed by atoms with Gasteiger partial charge in [0, 0.05) is 44.9 Å². The van der Waals surface area contributed by atoms with Crippen molar-refractivity contribution in [3.8, 4) is 0 Å². The fourth-order valence-electron chi connectivity index (χ4n) is 4.94. The molecule has 4 rings (SSSR count). The van der Waals surface area contributed by atoms with E-state index in [1.54, 1.807) is 38.4 Å². The van der Waals surface area contributed by atoms with E-state index in [4.69, 9.17) is 0 Å². The van der Waals surface area contributed by atoms with Crippen LogP contribution in [0.25, 0.3) is 5.76 Å². The maximum Gasteiger partial charge on any atom is 0.296 e. The lowest BCUT2D eigenvalue weighted by molar-refractivity contribution is -0.143. The highest BCUT2D eigenvalue weighted by Crippen LogP contribution is 2.53. The molecule has 1 atom stereocenters. The molecule has 38 heavy (non-hydrogen) atoms. The van der Waals surface area contributed by atoms with E-state index in [-0.39, 0.29) is 23.5 Å². The fraction of sp³-hybridized carbons (Fsp3) is 0.296. The number of benzene rings is 2. The summed E-state index contributed by atoms with van der Waals surface area (Å²) in [4.78, 5) is 45.7. The van der Waals surface area contributed by atoms with Crippen molar-refractivity contribution in [2.75, 3.05) is 52.7 Å². The number of anilines is 1. The van der Waals surface area contributed by atoms with Crippen molar-refractivity contribution < 1.29 is 27.9 Å². The van der Waals surface area contributed by atoms with Gasteiger partial charge < -0.3 is 19.8 Å². The quantitative estimate of drug-likeness (QED) is 0.235. The molecule has 2 aliphatic rings. The number of carbonyl (C=O) groups excluding carboxylic acids is 3. The van der Waals surface area contributed by atoms with Crippen molar-refractivity contribution >= 4 is 39.1 Å². The lowest BCUT2D eigenvalue weighted by Gasteiger charge is -2.35. The van der Waals surface area contributed by atoms with Crippen LogP contribution in [-0.4, -0.2) is 93.1 Å². The second kappa shape index (κ2) is 9.82. The number of likely N-dealkylation sites (N-methyl/N-ethyl adjacent to an activating group) is 1. The van der Waals surface area contributed by atoms with Gasteiger partial charge in [0.15, 0.2) is 5.54 Å². The Morgan fingerprint density at radius 1 is 1.05 bits per heavy atom. The van der Waals surface area contributed by atoms with Gasteiger partial charge in [-0.3, -0.25) is 14.4 Å². The highest BCUT2D eigenvalue weighted by molar-refractivity contribution is 7.89. The maximum atomic E-state index is 14.3. The number of sulfonamides is 1. The molecule has 2 aliphatic heterocycles. The number of ketones is 1. The van der Waals surface area contributed by atoms with Crippen LogP contribution in [-0.2, 0) is 29.9 Å². The summed E-state index contributed by atoms with van der Waals surface area (Å²) in [6.45, 7) is 4.23. The fourth-order valence-corrected chi connectivity index (χ4v) is 5.88. The number of fused-ring (bicyclic) bond motifs is 2. The molecule has 0 aliphatic carbocycles. The topological polar surface area (TPSA) is 119 Å². The molecule has 1 saturated heterocycles. The van der Waals surface area contributed by atoms with Crippen LogP contribution >= 0.6 is 0 Å². The summed E-state index contributed by atoms with van der Waals surface area (Å²) in [5, 5.41) is 11.6. The van der Waals surface area contributed by atoms with Crippen LogP contribution in [0.3, 0.4) is 0 Å². The van der Waals surface area contributed by atoms with Crippen LogP contribution in [0.2, 0.25) is 0 Å². The summed E-state index contributed by atoms with van der Waals surface area (Å²) in [6, 6.07) is 12.2. The number of Topliss-reactive ketones (excluding diaryl/α,β-unsaturated/α-hetero) is 1. The van der Waals surface area contributed by atoms with Crippen molar-refractivity contribution in [2.45, 2.75) is 10.4 Å². The molecule has 10 nitrogen and oxygen atoms in total. The minimum atomic E-state index is -3.87. The number of para-hydroxylation sites is 1. The average molecular weight is 539 g/mol. The Kier molecular flexibility index (Phi) is 7.04. The van der Waals surface area contributed by atoms with Crippen LogP contribution in [0.4, 0.5) is 5.69 Å². The highest BCUT2D eigenvalue weighted by atomic mass is 32.2. The first-order valence-electron chi connectivity index (χ1n) is 11.9. The number of amides is 2. The molecule has 11 heteroatoms. The Bertz CT molecular complexity index is 1480. The first-order chi connectivity index (χ1) is 17.9. The molecular formula is C27H30N4O6S. The molecule has 2 aromatic carbocycles. The zero-order chi connectivity index (χ0) is 28.0. The third-order valence-electron chi connectivity index (χ3n) is 6.78. The van der Waals surface area contributed by atoms with Crippen molar-refractivity contribution in [3.05, 3.63) is 77.9 Å². The van der Waals surface area contributed by atoms with Gasteiger partial charge in [-0.05, 0) is 32.3 Å². The largest absolute Gasteiger partial charge is 0.507 e. The number of likely N-dealkylation sites (tertiary alicyclic amines) is 1. The van der Waals surface area contributed by atoms with Gasteiger partial charge in [-0.1, -0.05) is 36.4 Å². The summed E-state index contributed by atoms with van der Waals surface area (Å²) in [5.41, 5.74) is -1.47. The number of carbonyl (C=O) groups is 3. The second-order valence-corrected chi connectivity index (χ2v) is 11.7. The van der Waals surface area contributed by atoms with Crippen LogP contribution in [0.5, 0.6) is 0 Å². The first kappa shape index (κ1) is 27.2. The minimum Gasteiger partial charge on any atom is -0.507 e. The number of rotatable bonds is 8. The van der Waals surface area contributed by atoms with E-state index in [0.717, 1.165) is 4.31 Å². The Labute approximate surface area is 222 Å². The van der Waals surface area contributed by atoms with E-state index in [2.05, 4.69) is 6.58 Å². The highest BCUT2D eigenvalue weighted by Gasteiger charge is 2.66. The van der Waals surface area contributed by atoms with Crippen LogP contribution in [0, 0.1) is 0 Å². The number of hydrogen-bond acceptors (Lipinski definition) is 7. The molecule has 0 radical (unpaired) electrons. The van der Waals surface area contributed by atoms with Gasteiger partial charge in [-0.15, -0.1) is 6.58 Å². The molecule has 0 aromatic heterocycles. The second-order valence-electron chi connectivity index (χ2n) is 9.56. The smallest absolute Gasteiger partial charge is 0.296 e. The molecule has 1 spiro atoms. The van der Waals surface area contributed by atoms with Gasteiger partial charge in [0.05, 0.1) is 16.2 Å². The third-order valence-corrected chi connectivity index (χ3v) is 8.59. The number of aliphatic hydroxyl groups is 1. The Hall–Kier alpha value is -3.80. The van der Waals surface area contributed by atoms with Crippen LogP contribution in [0.1, 0.15) is 11.1 Å². The summed E-state index contributed by atoms with van der Waals surface area (Å²) in [5.74, 6) is -3.15. The zero-order valence-corrected chi connectivity index (χ0v) is 22.5. The molecule has 2 aromatic rings. The van der Waals surface area contributed by atoms with E-state index in [1.165, 1.54) is 54.2 Å². The van der Waals surface area contributed by atoms with Crippen molar-refractivity contribution in [1.29, 1.82) is 0 Å².